The van der Waals surface area contributed by atoms with Gasteiger partial charge in [-0.1, -0.05) is 28.1 Å². The third kappa shape index (κ3) is 4.30. The normalized spacial score (nSPS) is 17.6. The molecule has 104 valence electrons. The van der Waals surface area contributed by atoms with Crippen LogP contribution >= 0.6 is 15.9 Å². The second-order valence-corrected chi connectivity index (χ2v) is 5.90. The molecule has 0 saturated carbocycles. The fourth-order valence-corrected chi connectivity index (χ4v) is 2.94. The lowest BCUT2D eigenvalue weighted by molar-refractivity contribution is -0.138. The maximum atomic E-state index is 10.7. The largest absolute Gasteiger partial charge is 0.480 e. The summed E-state index contributed by atoms with van der Waals surface area (Å²) in [4.78, 5) is 15.0. The molecule has 1 N–H and O–H groups in total. The number of carbonyl (C=O) groups is 1. The van der Waals surface area contributed by atoms with E-state index in [0.717, 1.165) is 37.2 Å². The molecule has 0 bridgehead atoms. The van der Waals surface area contributed by atoms with Crippen LogP contribution in [0.2, 0.25) is 0 Å². The van der Waals surface area contributed by atoms with Crippen molar-refractivity contribution in [3.8, 4) is 0 Å². The van der Waals surface area contributed by atoms with E-state index < -0.39 is 5.97 Å². The first-order chi connectivity index (χ1) is 9.04. The topological polar surface area (TPSA) is 43.8 Å². The summed E-state index contributed by atoms with van der Waals surface area (Å²) in [5.74, 6) is -0.741. The summed E-state index contributed by atoms with van der Waals surface area (Å²) in [7, 11) is 0. The lowest BCUT2D eigenvalue weighted by Gasteiger charge is -2.33. The number of nitrogens with zero attached hydrogens (tertiary/aromatic N) is 2. The van der Waals surface area contributed by atoms with Crippen molar-refractivity contribution in [2.45, 2.75) is 13.5 Å². The van der Waals surface area contributed by atoms with E-state index in [9.17, 15) is 4.79 Å². The Morgan fingerprint density at radius 3 is 2.47 bits per heavy atom. The molecule has 0 unspecified atom stereocenters. The standard InChI is InChI=1S/C14H19BrN2O2/c1-11-2-3-12(13(15)8-11)9-16-4-6-17(7-5-16)10-14(18)19/h2-3,8H,4-7,9-10H2,1H3,(H,18,19). The first-order valence-corrected chi connectivity index (χ1v) is 7.25. The first-order valence-electron chi connectivity index (χ1n) is 6.46. The van der Waals surface area contributed by atoms with Crippen molar-refractivity contribution in [3.05, 3.63) is 33.8 Å². The number of halogens is 1. The quantitative estimate of drug-likeness (QED) is 0.918. The van der Waals surface area contributed by atoms with Crippen LogP contribution < -0.4 is 0 Å². The van der Waals surface area contributed by atoms with Gasteiger partial charge in [-0.05, 0) is 24.1 Å². The van der Waals surface area contributed by atoms with E-state index >= 15 is 0 Å². The Hall–Kier alpha value is -0.910. The number of benzene rings is 1. The van der Waals surface area contributed by atoms with E-state index in [2.05, 4.69) is 46.0 Å². The monoisotopic (exact) mass is 326 g/mol. The summed E-state index contributed by atoms with van der Waals surface area (Å²) in [6, 6.07) is 6.42. The van der Waals surface area contributed by atoms with Gasteiger partial charge in [0.2, 0.25) is 0 Å². The minimum atomic E-state index is -0.741. The smallest absolute Gasteiger partial charge is 0.317 e. The van der Waals surface area contributed by atoms with Crippen molar-refractivity contribution in [1.82, 2.24) is 9.80 Å². The lowest BCUT2D eigenvalue weighted by Crippen LogP contribution is -2.47. The highest BCUT2D eigenvalue weighted by molar-refractivity contribution is 9.10. The highest BCUT2D eigenvalue weighted by atomic mass is 79.9. The van der Waals surface area contributed by atoms with Crippen LogP contribution in [0.3, 0.4) is 0 Å². The van der Waals surface area contributed by atoms with E-state index in [1.54, 1.807) is 0 Å². The summed E-state index contributed by atoms with van der Waals surface area (Å²) in [6.07, 6.45) is 0. The number of hydrogen-bond donors (Lipinski definition) is 1. The van der Waals surface area contributed by atoms with Gasteiger partial charge in [-0.3, -0.25) is 14.6 Å². The van der Waals surface area contributed by atoms with Gasteiger partial charge in [-0.25, -0.2) is 0 Å². The van der Waals surface area contributed by atoms with Crippen LogP contribution in [0.25, 0.3) is 0 Å². The lowest BCUT2D eigenvalue weighted by atomic mass is 10.1. The fourth-order valence-electron chi connectivity index (χ4n) is 2.32. The molecule has 0 spiro atoms. The summed E-state index contributed by atoms with van der Waals surface area (Å²) in [5, 5.41) is 8.77. The van der Waals surface area contributed by atoms with E-state index in [0.29, 0.717) is 0 Å². The van der Waals surface area contributed by atoms with Gasteiger partial charge in [0.25, 0.3) is 0 Å². The van der Waals surface area contributed by atoms with Crippen molar-refractivity contribution in [2.75, 3.05) is 32.7 Å². The summed E-state index contributed by atoms with van der Waals surface area (Å²) < 4.78 is 1.15. The van der Waals surface area contributed by atoms with Crippen LogP contribution in [0.15, 0.2) is 22.7 Å². The third-order valence-electron chi connectivity index (χ3n) is 3.43. The number of rotatable bonds is 4. The van der Waals surface area contributed by atoms with Crippen LogP contribution in [-0.2, 0) is 11.3 Å². The predicted molar refractivity (Wildman–Crippen MR) is 78.2 cm³/mol. The van der Waals surface area contributed by atoms with E-state index in [1.807, 2.05) is 4.90 Å². The van der Waals surface area contributed by atoms with Crippen molar-refractivity contribution in [1.29, 1.82) is 0 Å². The zero-order valence-electron chi connectivity index (χ0n) is 11.1. The molecular weight excluding hydrogens is 308 g/mol. The number of carboxylic acids is 1. The maximum absolute atomic E-state index is 10.7. The molecule has 0 atom stereocenters. The predicted octanol–water partition coefficient (Wildman–Crippen LogP) is 1.96. The summed E-state index contributed by atoms with van der Waals surface area (Å²) >= 11 is 3.60. The van der Waals surface area contributed by atoms with E-state index in [4.69, 9.17) is 5.11 Å². The molecule has 0 radical (unpaired) electrons. The maximum Gasteiger partial charge on any atom is 0.317 e. The molecule has 0 aliphatic carbocycles. The van der Waals surface area contributed by atoms with E-state index in [1.165, 1.54) is 11.1 Å². The highest BCUT2D eigenvalue weighted by Gasteiger charge is 2.19. The Bertz CT molecular complexity index is 457. The number of piperazine rings is 1. The SMILES string of the molecule is Cc1ccc(CN2CCN(CC(=O)O)CC2)c(Br)c1. The molecule has 1 heterocycles. The Labute approximate surface area is 122 Å². The first kappa shape index (κ1) is 14.5. The Kier molecular flexibility index (Phi) is 4.96. The molecule has 1 aromatic rings. The van der Waals surface area contributed by atoms with E-state index in [-0.39, 0.29) is 6.54 Å². The van der Waals surface area contributed by atoms with Crippen LogP contribution in [0.5, 0.6) is 0 Å². The van der Waals surface area contributed by atoms with Crippen LogP contribution in [0.4, 0.5) is 0 Å². The zero-order valence-corrected chi connectivity index (χ0v) is 12.7. The molecule has 0 amide bonds. The van der Waals surface area contributed by atoms with Crippen LogP contribution in [0.1, 0.15) is 11.1 Å². The Morgan fingerprint density at radius 1 is 1.26 bits per heavy atom. The van der Waals surface area contributed by atoms with Crippen molar-refractivity contribution >= 4 is 21.9 Å². The summed E-state index contributed by atoms with van der Waals surface area (Å²) in [6.45, 7) is 6.66. The molecule has 1 aliphatic heterocycles. The van der Waals surface area contributed by atoms with Crippen molar-refractivity contribution in [2.24, 2.45) is 0 Å². The highest BCUT2D eigenvalue weighted by Crippen LogP contribution is 2.20. The number of aryl methyl sites for hydroxylation is 1. The van der Waals surface area contributed by atoms with Gasteiger partial charge >= 0.3 is 5.97 Å². The van der Waals surface area contributed by atoms with Crippen LogP contribution in [-0.4, -0.2) is 53.6 Å². The van der Waals surface area contributed by atoms with Gasteiger partial charge in [0, 0.05) is 37.2 Å². The number of carboxylic acid groups (broad SMARTS) is 1. The van der Waals surface area contributed by atoms with Gasteiger partial charge in [0.15, 0.2) is 0 Å². The van der Waals surface area contributed by atoms with Crippen molar-refractivity contribution in [3.63, 3.8) is 0 Å². The zero-order chi connectivity index (χ0) is 13.8. The molecule has 5 heteroatoms. The Balaban J connectivity index is 1.87. The molecule has 4 nitrogen and oxygen atoms in total. The van der Waals surface area contributed by atoms with Gasteiger partial charge < -0.3 is 5.11 Å². The number of aliphatic carboxylic acids is 1. The second-order valence-electron chi connectivity index (χ2n) is 5.04. The van der Waals surface area contributed by atoms with Gasteiger partial charge in [-0.2, -0.15) is 0 Å². The average molecular weight is 327 g/mol. The average Bonchev–Trinajstić information content (AvgIpc) is 2.34. The Morgan fingerprint density at radius 2 is 1.89 bits per heavy atom. The molecule has 19 heavy (non-hydrogen) atoms. The minimum absolute atomic E-state index is 0.155. The molecule has 0 aromatic heterocycles. The third-order valence-corrected chi connectivity index (χ3v) is 4.16. The van der Waals surface area contributed by atoms with Crippen molar-refractivity contribution < 1.29 is 9.90 Å². The molecule has 1 fully saturated rings. The molecule has 1 aliphatic rings. The van der Waals surface area contributed by atoms with Gasteiger partial charge in [-0.15, -0.1) is 0 Å². The molecular formula is C14H19BrN2O2. The molecule has 1 saturated heterocycles. The summed E-state index contributed by atoms with van der Waals surface area (Å²) in [5.41, 5.74) is 2.54. The van der Waals surface area contributed by atoms with Gasteiger partial charge in [0.1, 0.15) is 0 Å². The second kappa shape index (κ2) is 6.50. The van der Waals surface area contributed by atoms with Crippen LogP contribution in [0, 0.1) is 6.92 Å². The van der Waals surface area contributed by atoms with Gasteiger partial charge in [0.05, 0.1) is 6.54 Å². The molecule has 1 aromatic carbocycles. The number of hydrogen-bond acceptors (Lipinski definition) is 3. The fraction of sp³-hybridized carbons (Fsp3) is 0.500. The minimum Gasteiger partial charge on any atom is -0.480 e. The molecule has 2 rings (SSSR count).